The van der Waals surface area contributed by atoms with Crippen molar-refractivity contribution in [3.05, 3.63) is 29.6 Å². The number of likely N-dealkylation sites (tertiary alicyclic amines) is 1. The van der Waals surface area contributed by atoms with E-state index in [2.05, 4.69) is 4.98 Å². The van der Waals surface area contributed by atoms with Gasteiger partial charge in [0.25, 0.3) is 0 Å². The first kappa shape index (κ1) is 17.6. The van der Waals surface area contributed by atoms with E-state index in [1.54, 1.807) is 31.7 Å². The van der Waals surface area contributed by atoms with Crippen LogP contribution in [0, 0.1) is 0 Å². The number of halogens is 3. The molecule has 1 fully saturated rings. The van der Waals surface area contributed by atoms with Crippen molar-refractivity contribution in [3.63, 3.8) is 0 Å². The molecule has 4 nitrogen and oxygen atoms in total. The SMILES string of the molecule is CC(C)(C)OC(=O)N1CCC(c2ccnc(C(F)(F)F)c2)CC1. The number of nitrogens with zero attached hydrogens (tertiary/aromatic N) is 2. The summed E-state index contributed by atoms with van der Waals surface area (Å²) in [4.78, 5) is 17.0. The van der Waals surface area contributed by atoms with Crippen LogP contribution >= 0.6 is 0 Å². The number of carbonyl (C=O) groups is 1. The lowest BCUT2D eigenvalue weighted by Gasteiger charge is -2.33. The third-order valence-corrected chi connectivity index (χ3v) is 3.69. The Morgan fingerprint density at radius 2 is 1.87 bits per heavy atom. The molecule has 0 radical (unpaired) electrons. The zero-order chi connectivity index (χ0) is 17.3. The highest BCUT2D eigenvalue weighted by molar-refractivity contribution is 5.68. The number of alkyl halides is 3. The van der Waals surface area contributed by atoms with Crippen molar-refractivity contribution in [2.75, 3.05) is 13.1 Å². The van der Waals surface area contributed by atoms with Crippen LogP contribution < -0.4 is 0 Å². The Labute approximate surface area is 133 Å². The maximum absolute atomic E-state index is 12.7. The molecule has 7 heteroatoms. The van der Waals surface area contributed by atoms with Crippen LogP contribution in [0.5, 0.6) is 0 Å². The smallest absolute Gasteiger partial charge is 0.433 e. The molecule has 1 aromatic rings. The van der Waals surface area contributed by atoms with Gasteiger partial charge in [0.05, 0.1) is 0 Å². The number of aromatic nitrogens is 1. The Morgan fingerprint density at radius 1 is 1.26 bits per heavy atom. The molecular weight excluding hydrogens is 309 g/mol. The second kappa shape index (κ2) is 6.37. The van der Waals surface area contributed by atoms with Gasteiger partial charge in [0.15, 0.2) is 0 Å². The molecule has 1 aliphatic rings. The highest BCUT2D eigenvalue weighted by atomic mass is 19.4. The van der Waals surface area contributed by atoms with Gasteiger partial charge >= 0.3 is 12.3 Å². The van der Waals surface area contributed by atoms with E-state index in [0.29, 0.717) is 31.5 Å². The number of carbonyl (C=O) groups excluding carboxylic acids is 1. The first-order valence-electron chi connectivity index (χ1n) is 7.57. The third-order valence-electron chi connectivity index (χ3n) is 3.69. The van der Waals surface area contributed by atoms with Gasteiger partial charge in [-0.25, -0.2) is 4.79 Å². The summed E-state index contributed by atoms with van der Waals surface area (Å²) >= 11 is 0. The van der Waals surface area contributed by atoms with Gasteiger partial charge in [0.2, 0.25) is 0 Å². The highest BCUT2D eigenvalue weighted by Gasteiger charge is 2.34. The largest absolute Gasteiger partial charge is 0.444 e. The molecule has 1 amide bonds. The average molecular weight is 330 g/mol. The second-order valence-corrected chi connectivity index (χ2v) is 6.71. The molecule has 0 atom stereocenters. The molecule has 0 saturated carbocycles. The van der Waals surface area contributed by atoms with E-state index in [1.165, 1.54) is 6.20 Å². The Hall–Kier alpha value is -1.79. The molecule has 0 N–H and O–H groups in total. The summed E-state index contributed by atoms with van der Waals surface area (Å²) in [6.45, 7) is 6.35. The van der Waals surface area contributed by atoms with Crippen LogP contribution in [0.1, 0.15) is 50.8 Å². The first-order chi connectivity index (χ1) is 10.6. The molecule has 2 rings (SSSR count). The summed E-state index contributed by atoms with van der Waals surface area (Å²) in [7, 11) is 0. The molecule has 1 saturated heterocycles. The van der Waals surface area contributed by atoms with E-state index < -0.39 is 17.5 Å². The Kier molecular flexibility index (Phi) is 4.87. The molecule has 23 heavy (non-hydrogen) atoms. The van der Waals surface area contributed by atoms with Gasteiger partial charge in [-0.1, -0.05) is 0 Å². The van der Waals surface area contributed by atoms with Crippen LogP contribution in [0.15, 0.2) is 18.3 Å². The number of amides is 1. The molecule has 0 spiro atoms. The van der Waals surface area contributed by atoms with Crippen molar-refractivity contribution >= 4 is 6.09 Å². The molecule has 0 aromatic carbocycles. The Balaban J connectivity index is 1.98. The van der Waals surface area contributed by atoms with E-state index in [-0.39, 0.29) is 12.0 Å². The first-order valence-corrected chi connectivity index (χ1v) is 7.57. The van der Waals surface area contributed by atoms with Crippen molar-refractivity contribution in [2.24, 2.45) is 0 Å². The number of rotatable bonds is 1. The van der Waals surface area contributed by atoms with Gasteiger partial charge in [-0.2, -0.15) is 13.2 Å². The van der Waals surface area contributed by atoms with Crippen LogP contribution in [0.3, 0.4) is 0 Å². The summed E-state index contributed by atoms with van der Waals surface area (Å²) < 4.78 is 43.5. The predicted octanol–water partition coefficient (Wildman–Crippen LogP) is 4.21. The van der Waals surface area contributed by atoms with Gasteiger partial charge in [0, 0.05) is 19.3 Å². The summed E-state index contributed by atoms with van der Waals surface area (Å²) in [6.07, 6.45) is -2.39. The Bertz CT molecular complexity index is 559. The minimum atomic E-state index is -4.44. The number of ether oxygens (including phenoxy) is 1. The maximum atomic E-state index is 12.7. The predicted molar refractivity (Wildman–Crippen MR) is 79.0 cm³/mol. The maximum Gasteiger partial charge on any atom is 0.433 e. The van der Waals surface area contributed by atoms with E-state index in [1.807, 2.05) is 0 Å². The van der Waals surface area contributed by atoms with Crippen LogP contribution in [-0.4, -0.2) is 34.7 Å². The van der Waals surface area contributed by atoms with Gasteiger partial charge in [-0.15, -0.1) is 0 Å². The summed E-state index contributed by atoms with van der Waals surface area (Å²) in [5, 5.41) is 0. The quantitative estimate of drug-likeness (QED) is 0.774. The lowest BCUT2D eigenvalue weighted by atomic mass is 9.90. The summed E-state index contributed by atoms with van der Waals surface area (Å²) in [5.41, 5.74) is -0.804. The van der Waals surface area contributed by atoms with Crippen molar-refractivity contribution < 1.29 is 22.7 Å². The molecule has 0 aliphatic carbocycles. The van der Waals surface area contributed by atoms with Crippen molar-refractivity contribution in [1.29, 1.82) is 0 Å². The van der Waals surface area contributed by atoms with E-state index in [9.17, 15) is 18.0 Å². The zero-order valence-corrected chi connectivity index (χ0v) is 13.5. The lowest BCUT2D eigenvalue weighted by Crippen LogP contribution is -2.41. The fourth-order valence-electron chi connectivity index (χ4n) is 2.58. The number of pyridine rings is 1. The molecular formula is C16H21F3N2O2. The Morgan fingerprint density at radius 3 is 2.39 bits per heavy atom. The van der Waals surface area contributed by atoms with Crippen molar-refractivity contribution in [1.82, 2.24) is 9.88 Å². The molecule has 2 heterocycles. The van der Waals surface area contributed by atoms with E-state index in [0.717, 1.165) is 6.07 Å². The lowest BCUT2D eigenvalue weighted by molar-refractivity contribution is -0.141. The minimum Gasteiger partial charge on any atom is -0.444 e. The standard InChI is InChI=1S/C16H21F3N2O2/c1-15(2,3)23-14(22)21-8-5-11(6-9-21)12-4-7-20-13(10-12)16(17,18)19/h4,7,10-11H,5-6,8-9H2,1-3H3. The number of hydrogen-bond donors (Lipinski definition) is 0. The fourth-order valence-corrected chi connectivity index (χ4v) is 2.58. The minimum absolute atomic E-state index is 0.00205. The third kappa shape index (κ3) is 4.84. The number of piperidine rings is 1. The van der Waals surface area contributed by atoms with Gasteiger partial charge in [0.1, 0.15) is 11.3 Å². The van der Waals surface area contributed by atoms with Gasteiger partial charge in [-0.05, 0) is 57.2 Å². The van der Waals surface area contributed by atoms with Crippen molar-refractivity contribution in [3.8, 4) is 0 Å². The van der Waals surface area contributed by atoms with Crippen LogP contribution in [0.4, 0.5) is 18.0 Å². The average Bonchev–Trinajstić information content (AvgIpc) is 2.45. The van der Waals surface area contributed by atoms with Gasteiger partial charge < -0.3 is 9.64 Å². The normalized spacial score (nSPS) is 17.2. The zero-order valence-electron chi connectivity index (χ0n) is 13.5. The monoisotopic (exact) mass is 330 g/mol. The molecule has 0 bridgehead atoms. The van der Waals surface area contributed by atoms with Gasteiger partial charge in [-0.3, -0.25) is 4.98 Å². The summed E-state index contributed by atoms with van der Waals surface area (Å²) in [6, 6.07) is 2.72. The van der Waals surface area contributed by atoms with Crippen LogP contribution in [0.25, 0.3) is 0 Å². The van der Waals surface area contributed by atoms with E-state index in [4.69, 9.17) is 4.74 Å². The highest BCUT2D eigenvalue weighted by Crippen LogP contribution is 2.33. The topological polar surface area (TPSA) is 42.4 Å². The van der Waals surface area contributed by atoms with Crippen LogP contribution in [0.2, 0.25) is 0 Å². The van der Waals surface area contributed by atoms with E-state index >= 15 is 0 Å². The fraction of sp³-hybridized carbons (Fsp3) is 0.625. The molecule has 1 aromatic heterocycles. The van der Waals surface area contributed by atoms with Crippen LogP contribution in [-0.2, 0) is 10.9 Å². The summed E-state index contributed by atoms with van der Waals surface area (Å²) in [5.74, 6) is -0.00205. The molecule has 1 aliphatic heterocycles. The molecule has 0 unspecified atom stereocenters. The van der Waals surface area contributed by atoms with Crippen molar-refractivity contribution in [2.45, 2.75) is 51.3 Å². The molecule has 128 valence electrons. The number of hydrogen-bond acceptors (Lipinski definition) is 3. The second-order valence-electron chi connectivity index (χ2n) is 6.71.